The molecule has 3 rings (SSSR count). The van der Waals surface area contributed by atoms with Crippen molar-refractivity contribution in [3.63, 3.8) is 0 Å². The number of carbonyl (C=O) groups excluding carboxylic acids is 1. The van der Waals surface area contributed by atoms with E-state index in [2.05, 4.69) is 20.6 Å². The lowest BCUT2D eigenvalue weighted by atomic mass is 9.95. The Bertz CT molecular complexity index is 794. The van der Waals surface area contributed by atoms with Crippen molar-refractivity contribution in [2.24, 2.45) is 5.92 Å². The van der Waals surface area contributed by atoms with Crippen LogP contribution >= 0.6 is 0 Å². The third kappa shape index (κ3) is 4.14. The summed E-state index contributed by atoms with van der Waals surface area (Å²) in [5, 5.41) is 13.8. The molecule has 2 aromatic heterocycles. The van der Waals surface area contributed by atoms with Crippen LogP contribution in [0.3, 0.4) is 0 Å². The number of anilines is 1. The number of carbonyl (C=O) groups is 1. The van der Waals surface area contributed by atoms with Gasteiger partial charge in [-0.05, 0) is 37.8 Å². The number of halogens is 3. The fraction of sp³-hybridized carbons (Fsp3) is 0.647. The van der Waals surface area contributed by atoms with Gasteiger partial charge < -0.3 is 10.2 Å². The largest absolute Gasteiger partial charge is 0.453 e. The average Bonchev–Trinajstić information content (AvgIpc) is 3.09. The van der Waals surface area contributed by atoms with E-state index in [0.29, 0.717) is 31.7 Å². The standard InChI is InChI=1S/C17H23F3N6O/c1-3-12(4-2)21-15(27)11-7-9-25(10-8-11)14-6-5-13-22-23-16(17(18,19)20)26(13)24-14/h5-6,11-12H,3-4,7-10H2,1-2H3,(H,21,27). The Morgan fingerprint density at radius 3 is 2.48 bits per heavy atom. The molecule has 148 valence electrons. The first kappa shape index (κ1) is 19.4. The molecule has 27 heavy (non-hydrogen) atoms. The van der Waals surface area contributed by atoms with Gasteiger partial charge in [-0.15, -0.1) is 15.3 Å². The first-order valence-corrected chi connectivity index (χ1v) is 9.18. The molecular formula is C17H23F3N6O. The number of nitrogens with one attached hydrogen (secondary N) is 1. The molecule has 0 spiro atoms. The Kier molecular flexibility index (Phi) is 5.52. The number of nitrogens with zero attached hydrogens (tertiary/aromatic N) is 5. The number of amides is 1. The monoisotopic (exact) mass is 384 g/mol. The van der Waals surface area contributed by atoms with Gasteiger partial charge in [0.05, 0.1) is 0 Å². The third-order valence-electron chi connectivity index (χ3n) is 5.02. The van der Waals surface area contributed by atoms with E-state index in [1.807, 2.05) is 18.7 Å². The Morgan fingerprint density at radius 1 is 1.22 bits per heavy atom. The van der Waals surface area contributed by atoms with Crippen molar-refractivity contribution in [3.05, 3.63) is 18.0 Å². The predicted octanol–water partition coefficient (Wildman–Crippen LogP) is 2.66. The van der Waals surface area contributed by atoms with Crippen molar-refractivity contribution in [3.8, 4) is 0 Å². The molecule has 0 radical (unpaired) electrons. The van der Waals surface area contributed by atoms with E-state index in [9.17, 15) is 18.0 Å². The smallest absolute Gasteiger partial charge is 0.355 e. The summed E-state index contributed by atoms with van der Waals surface area (Å²) in [5.41, 5.74) is 0.0468. The Morgan fingerprint density at radius 2 is 1.89 bits per heavy atom. The minimum atomic E-state index is -4.62. The minimum Gasteiger partial charge on any atom is -0.355 e. The van der Waals surface area contributed by atoms with Gasteiger partial charge in [-0.25, -0.2) is 0 Å². The molecule has 7 nitrogen and oxygen atoms in total. The van der Waals surface area contributed by atoms with Crippen molar-refractivity contribution in [2.45, 2.75) is 51.7 Å². The van der Waals surface area contributed by atoms with Crippen molar-refractivity contribution in [2.75, 3.05) is 18.0 Å². The number of hydrogen-bond acceptors (Lipinski definition) is 5. The van der Waals surface area contributed by atoms with Crippen LogP contribution in [0.15, 0.2) is 12.1 Å². The molecule has 3 heterocycles. The summed E-state index contributed by atoms with van der Waals surface area (Å²) in [6, 6.07) is 3.29. The molecule has 1 aliphatic rings. The molecule has 1 N–H and O–H groups in total. The van der Waals surface area contributed by atoms with Gasteiger partial charge in [0.25, 0.3) is 5.82 Å². The average molecular weight is 384 g/mol. The molecule has 1 saturated heterocycles. The summed E-state index contributed by atoms with van der Waals surface area (Å²) in [6.45, 7) is 5.20. The number of hydrogen-bond donors (Lipinski definition) is 1. The maximum atomic E-state index is 13.0. The van der Waals surface area contributed by atoms with Gasteiger partial charge in [0.1, 0.15) is 5.82 Å². The first-order chi connectivity index (χ1) is 12.8. The molecule has 0 unspecified atom stereocenters. The number of aromatic nitrogens is 4. The lowest BCUT2D eigenvalue weighted by Gasteiger charge is -2.32. The summed E-state index contributed by atoms with van der Waals surface area (Å²) in [7, 11) is 0. The van der Waals surface area contributed by atoms with E-state index >= 15 is 0 Å². The molecule has 0 aromatic carbocycles. The van der Waals surface area contributed by atoms with Crippen LogP contribution in [0, 0.1) is 5.92 Å². The topological polar surface area (TPSA) is 75.4 Å². The summed E-state index contributed by atoms with van der Waals surface area (Å²) in [5.74, 6) is -0.735. The van der Waals surface area contributed by atoms with Crippen molar-refractivity contribution in [1.82, 2.24) is 25.1 Å². The van der Waals surface area contributed by atoms with Crippen molar-refractivity contribution < 1.29 is 18.0 Å². The number of piperidine rings is 1. The third-order valence-corrected chi connectivity index (χ3v) is 5.02. The van der Waals surface area contributed by atoms with Crippen LogP contribution < -0.4 is 10.2 Å². The Labute approximate surface area is 154 Å². The molecule has 1 fully saturated rings. The zero-order valence-corrected chi connectivity index (χ0v) is 15.3. The maximum Gasteiger partial charge on any atom is 0.453 e. The van der Waals surface area contributed by atoms with Crippen LogP contribution in [0.2, 0.25) is 0 Å². The molecule has 2 aromatic rings. The van der Waals surface area contributed by atoms with Gasteiger partial charge in [0.2, 0.25) is 5.91 Å². The lowest BCUT2D eigenvalue weighted by Crippen LogP contribution is -2.43. The van der Waals surface area contributed by atoms with Crippen molar-refractivity contribution >= 4 is 17.4 Å². The molecule has 1 aliphatic heterocycles. The molecule has 1 amide bonds. The van der Waals surface area contributed by atoms with E-state index in [-0.39, 0.29) is 23.5 Å². The highest BCUT2D eigenvalue weighted by atomic mass is 19.4. The second kappa shape index (κ2) is 7.69. The van der Waals surface area contributed by atoms with E-state index in [0.717, 1.165) is 17.4 Å². The SMILES string of the molecule is CCC(CC)NC(=O)C1CCN(c2ccc3nnc(C(F)(F)F)n3n2)CC1. The second-order valence-corrected chi connectivity index (χ2v) is 6.77. The zero-order valence-electron chi connectivity index (χ0n) is 15.3. The molecule has 10 heteroatoms. The normalized spacial score (nSPS) is 16.3. The fourth-order valence-electron chi connectivity index (χ4n) is 3.31. The van der Waals surface area contributed by atoms with E-state index < -0.39 is 12.0 Å². The first-order valence-electron chi connectivity index (χ1n) is 9.18. The summed E-state index contributed by atoms with van der Waals surface area (Å²) in [4.78, 5) is 14.3. The van der Waals surface area contributed by atoms with Crippen LogP contribution in [-0.2, 0) is 11.0 Å². The molecule has 0 bridgehead atoms. The maximum absolute atomic E-state index is 13.0. The number of alkyl halides is 3. The van der Waals surface area contributed by atoms with Crippen LogP contribution in [0.5, 0.6) is 0 Å². The molecule has 0 atom stereocenters. The van der Waals surface area contributed by atoms with E-state index in [1.165, 1.54) is 6.07 Å². The van der Waals surface area contributed by atoms with Crippen molar-refractivity contribution in [1.29, 1.82) is 0 Å². The Balaban J connectivity index is 1.68. The number of rotatable bonds is 5. The van der Waals surface area contributed by atoms with Crippen LogP contribution in [0.4, 0.5) is 19.0 Å². The lowest BCUT2D eigenvalue weighted by molar-refractivity contribution is -0.146. The van der Waals surface area contributed by atoms with Gasteiger partial charge in [-0.2, -0.15) is 17.7 Å². The predicted molar refractivity (Wildman–Crippen MR) is 93.2 cm³/mol. The van der Waals surface area contributed by atoms with Gasteiger partial charge in [-0.3, -0.25) is 4.79 Å². The Hall–Kier alpha value is -2.39. The van der Waals surface area contributed by atoms with Crippen LogP contribution in [-0.4, -0.2) is 44.8 Å². The van der Waals surface area contributed by atoms with Crippen LogP contribution in [0.25, 0.3) is 5.65 Å². The summed E-state index contributed by atoms with van der Waals surface area (Å²) >= 11 is 0. The highest BCUT2D eigenvalue weighted by molar-refractivity contribution is 5.79. The van der Waals surface area contributed by atoms with Crippen LogP contribution in [0.1, 0.15) is 45.4 Å². The molecule has 0 aliphatic carbocycles. The van der Waals surface area contributed by atoms with E-state index in [4.69, 9.17) is 0 Å². The van der Waals surface area contributed by atoms with Gasteiger partial charge in [0.15, 0.2) is 5.65 Å². The molecule has 0 saturated carbocycles. The number of fused-ring (bicyclic) bond motifs is 1. The quantitative estimate of drug-likeness (QED) is 0.858. The summed E-state index contributed by atoms with van der Waals surface area (Å²) < 4.78 is 39.7. The zero-order chi connectivity index (χ0) is 19.6. The highest BCUT2D eigenvalue weighted by Gasteiger charge is 2.38. The fourth-order valence-corrected chi connectivity index (χ4v) is 3.31. The van der Waals surface area contributed by atoms with E-state index in [1.54, 1.807) is 6.07 Å². The highest BCUT2D eigenvalue weighted by Crippen LogP contribution is 2.28. The minimum absolute atomic E-state index is 0.0468. The van der Waals surface area contributed by atoms with Gasteiger partial charge >= 0.3 is 6.18 Å². The summed E-state index contributed by atoms with van der Waals surface area (Å²) in [6.07, 6.45) is -1.55. The van der Waals surface area contributed by atoms with Gasteiger partial charge in [-0.1, -0.05) is 13.8 Å². The molecular weight excluding hydrogens is 361 g/mol. The van der Waals surface area contributed by atoms with Gasteiger partial charge in [0, 0.05) is 25.0 Å². The second-order valence-electron chi connectivity index (χ2n) is 6.77.